The first-order chi connectivity index (χ1) is 15.0. The zero-order valence-electron chi connectivity index (χ0n) is 17.4. The van der Waals surface area contributed by atoms with E-state index in [0.29, 0.717) is 42.0 Å². The van der Waals surface area contributed by atoms with E-state index in [1.807, 2.05) is 18.2 Å². The molecular formula is C23H24N2O6. The highest BCUT2D eigenvalue weighted by atomic mass is 16.6. The summed E-state index contributed by atoms with van der Waals surface area (Å²) in [4.78, 5) is 39.0. The van der Waals surface area contributed by atoms with Gasteiger partial charge in [0.25, 0.3) is 0 Å². The average molecular weight is 424 g/mol. The maximum Gasteiger partial charge on any atom is 0.340 e. The minimum absolute atomic E-state index is 0.199. The molecule has 2 aliphatic heterocycles. The fourth-order valence-electron chi connectivity index (χ4n) is 4.07. The Kier molecular flexibility index (Phi) is 5.79. The molecule has 2 atom stereocenters. The lowest BCUT2D eigenvalue weighted by Gasteiger charge is -2.29. The third-order valence-electron chi connectivity index (χ3n) is 5.64. The quantitative estimate of drug-likeness (QED) is 0.685. The second kappa shape index (κ2) is 8.67. The van der Waals surface area contributed by atoms with Crippen molar-refractivity contribution in [3.63, 3.8) is 0 Å². The van der Waals surface area contributed by atoms with E-state index in [1.165, 1.54) is 4.90 Å². The van der Waals surface area contributed by atoms with Crippen molar-refractivity contribution in [3.8, 4) is 11.5 Å². The lowest BCUT2D eigenvalue weighted by Crippen LogP contribution is -2.46. The van der Waals surface area contributed by atoms with Gasteiger partial charge in [0.1, 0.15) is 6.04 Å². The number of amides is 2. The fourth-order valence-corrected chi connectivity index (χ4v) is 4.07. The van der Waals surface area contributed by atoms with Gasteiger partial charge in [0, 0.05) is 18.5 Å². The smallest absolute Gasteiger partial charge is 0.340 e. The number of cyclic esters (lactones) is 1. The molecule has 0 bridgehead atoms. The van der Waals surface area contributed by atoms with Crippen LogP contribution >= 0.6 is 0 Å². The van der Waals surface area contributed by atoms with Crippen LogP contribution in [0.1, 0.15) is 40.6 Å². The van der Waals surface area contributed by atoms with Crippen LogP contribution in [0, 0.1) is 0 Å². The molecule has 0 unspecified atom stereocenters. The molecule has 8 heteroatoms. The Morgan fingerprint density at radius 2 is 1.90 bits per heavy atom. The third kappa shape index (κ3) is 3.93. The van der Waals surface area contributed by atoms with E-state index in [2.05, 4.69) is 5.32 Å². The maximum absolute atomic E-state index is 12.9. The van der Waals surface area contributed by atoms with Crippen LogP contribution < -0.4 is 14.8 Å². The molecule has 4 rings (SSSR count). The Bertz CT molecular complexity index is 1020. The van der Waals surface area contributed by atoms with Crippen molar-refractivity contribution >= 4 is 17.8 Å². The molecule has 2 aromatic rings. The van der Waals surface area contributed by atoms with Gasteiger partial charge in [0.2, 0.25) is 18.0 Å². The van der Waals surface area contributed by atoms with Gasteiger partial charge in [-0.05, 0) is 36.6 Å². The summed E-state index contributed by atoms with van der Waals surface area (Å²) in [7, 11) is 3.15. The largest absolute Gasteiger partial charge is 0.493 e. The topological polar surface area (TPSA) is 94.2 Å². The highest BCUT2D eigenvalue weighted by Crippen LogP contribution is 2.38. The van der Waals surface area contributed by atoms with Gasteiger partial charge in [0.05, 0.1) is 19.8 Å². The van der Waals surface area contributed by atoms with Crippen molar-refractivity contribution < 1.29 is 28.6 Å². The summed E-state index contributed by atoms with van der Waals surface area (Å²) >= 11 is 0. The second-order valence-corrected chi connectivity index (χ2v) is 7.43. The van der Waals surface area contributed by atoms with Gasteiger partial charge in [-0.25, -0.2) is 4.79 Å². The minimum Gasteiger partial charge on any atom is -0.493 e. The van der Waals surface area contributed by atoms with E-state index in [1.54, 1.807) is 38.5 Å². The molecule has 0 aliphatic carbocycles. The van der Waals surface area contributed by atoms with Crippen molar-refractivity contribution in [2.24, 2.45) is 0 Å². The highest BCUT2D eigenvalue weighted by Gasteiger charge is 2.46. The molecule has 2 aliphatic rings. The second-order valence-electron chi connectivity index (χ2n) is 7.43. The van der Waals surface area contributed by atoms with Crippen molar-refractivity contribution in [1.29, 1.82) is 0 Å². The molecule has 2 aromatic carbocycles. The van der Waals surface area contributed by atoms with E-state index < -0.39 is 18.2 Å². The first kappa shape index (κ1) is 20.7. The number of nitrogens with zero attached hydrogens (tertiary/aromatic N) is 1. The number of hydrogen-bond donors (Lipinski definition) is 1. The predicted molar refractivity (Wildman–Crippen MR) is 111 cm³/mol. The first-order valence-electron chi connectivity index (χ1n) is 10.1. The average Bonchev–Trinajstić information content (AvgIpc) is 3.33. The molecule has 31 heavy (non-hydrogen) atoms. The Labute approximate surface area is 180 Å². The van der Waals surface area contributed by atoms with Gasteiger partial charge in [0.15, 0.2) is 11.5 Å². The summed E-state index contributed by atoms with van der Waals surface area (Å²) in [5.41, 5.74) is 2.03. The van der Waals surface area contributed by atoms with Crippen LogP contribution in [0.4, 0.5) is 0 Å². The molecule has 162 valence electrons. The van der Waals surface area contributed by atoms with Crippen LogP contribution in [-0.4, -0.2) is 49.5 Å². The number of nitrogens with one attached hydrogen (secondary N) is 1. The molecule has 8 nitrogen and oxygen atoms in total. The summed E-state index contributed by atoms with van der Waals surface area (Å²) in [5, 5.41) is 2.90. The Hall–Kier alpha value is -3.55. The van der Waals surface area contributed by atoms with Crippen LogP contribution in [0.15, 0.2) is 42.5 Å². The summed E-state index contributed by atoms with van der Waals surface area (Å²) < 4.78 is 16.0. The number of benzene rings is 2. The van der Waals surface area contributed by atoms with Crippen molar-refractivity contribution in [1.82, 2.24) is 10.2 Å². The van der Waals surface area contributed by atoms with Gasteiger partial charge >= 0.3 is 5.97 Å². The standard InChI is InChI=1S/C23H24N2O6/c1-29-18-9-7-14(13-19(18)30-2)11-12-24-21(27)17-8-10-20(26)25(17)22-15-5-3-4-6-16(15)23(28)31-22/h3-7,9,13,17,22H,8,10-12H2,1-2H3,(H,24,27)/t17-,22-/m1/s1. The lowest BCUT2D eigenvalue weighted by molar-refractivity contribution is -0.145. The SMILES string of the molecule is COc1ccc(CCNC(=O)[C@H]2CCC(=O)N2[C@@H]2OC(=O)c3ccccc32)cc1OC. The molecular weight excluding hydrogens is 400 g/mol. The fraction of sp³-hybridized carbons (Fsp3) is 0.348. The highest BCUT2D eigenvalue weighted by molar-refractivity contribution is 5.96. The van der Waals surface area contributed by atoms with Crippen LogP contribution in [0.3, 0.4) is 0 Å². The van der Waals surface area contributed by atoms with E-state index >= 15 is 0 Å². The van der Waals surface area contributed by atoms with Gasteiger partial charge in [-0.15, -0.1) is 0 Å². The molecule has 0 aromatic heterocycles. The Morgan fingerprint density at radius 1 is 1.13 bits per heavy atom. The maximum atomic E-state index is 12.9. The number of methoxy groups -OCH3 is 2. The van der Waals surface area contributed by atoms with E-state index in [9.17, 15) is 14.4 Å². The number of carbonyl (C=O) groups is 3. The summed E-state index contributed by atoms with van der Waals surface area (Å²) in [6.07, 6.45) is 0.357. The molecule has 0 spiro atoms. The van der Waals surface area contributed by atoms with E-state index in [4.69, 9.17) is 14.2 Å². The van der Waals surface area contributed by atoms with Gasteiger partial charge in [-0.2, -0.15) is 0 Å². The number of likely N-dealkylation sites (tertiary alicyclic amines) is 1. The first-order valence-corrected chi connectivity index (χ1v) is 10.1. The third-order valence-corrected chi connectivity index (χ3v) is 5.64. The molecule has 2 amide bonds. The van der Waals surface area contributed by atoms with Crippen LogP contribution in [0.2, 0.25) is 0 Å². The minimum atomic E-state index is -0.861. The molecule has 1 fully saturated rings. The van der Waals surface area contributed by atoms with Crippen molar-refractivity contribution in [2.45, 2.75) is 31.5 Å². The van der Waals surface area contributed by atoms with Gasteiger partial charge < -0.3 is 19.5 Å². The number of fused-ring (bicyclic) bond motifs is 1. The Morgan fingerprint density at radius 3 is 2.68 bits per heavy atom. The number of esters is 1. The number of hydrogen-bond acceptors (Lipinski definition) is 6. The van der Waals surface area contributed by atoms with Crippen molar-refractivity contribution in [2.75, 3.05) is 20.8 Å². The van der Waals surface area contributed by atoms with Crippen LogP contribution in [0.5, 0.6) is 11.5 Å². The summed E-state index contributed by atoms with van der Waals surface area (Å²) in [6.45, 7) is 0.397. The van der Waals surface area contributed by atoms with Crippen LogP contribution in [0.25, 0.3) is 0 Å². The van der Waals surface area contributed by atoms with Crippen molar-refractivity contribution in [3.05, 3.63) is 59.2 Å². The molecule has 1 N–H and O–H groups in total. The van der Waals surface area contributed by atoms with Gasteiger partial charge in [-0.3, -0.25) is 14.5 Å². The number of rotatable bonds is 7. The Balaban J connectivity index is 1.42. The molecule has 0 radical (unpaired) electrons. The number of ether oxygens (including phenoxy) is 3. The normalized spacial score (nSPS) is 19.7. The zero-order chi connectivity index (χ0) is 22.0. The van der Waals surface area contributed by atoms with E-state index in [0.717, 1.165) is 5.56 Å². The summed E-state index contributed by atoms with van der Waals surface area (Å²) in [6, 6.07) is 11.9. The molecule has 0 saturated carbocycles. The predicted octanol–water partition coefficient (Wildman–Crippen LogP) is 2.22. The number of carbonyl (C=O) groups excluding carboxylic acids is 3. The van der Waals surface area contributed by atoms with E-state index in [-0.39, 0.29) is 18.2 Å². The lowest BCUT2D eigenvalue weighted by atomic mass is 10.1. The molecule has 2 heterocycles. The van der Waals surface area contributed by atoms with Crippen LogP contribution in [-0.2, 0) is 20.7 Å². The molecule has 1 saturated heterocycles. The summed E-state index contributed by atoms with van der Waals surface area (Å²) in [5.74, 6) is 0.330. The zero-order valence-corrected chi connectivity index (χ0v) is 17.4. The monoisotopic (exact) mass is 424 g/mol. The van der Waals surface area contributed by atoms with Gasteiger partial charge in [-0.1, -0.05) is 24.3 Å².